The van der Waals surface area contributed by atoms with Crippen LogP contribution in [0.5, 0.6) is 0 Å². The molecule has 0 spiro atoms. The van der Waals surface area contributed by atoms with Crippen molar-refractivity contribution >= 4 is 47.3 Å². The highest BCUT2D eigenvalue weighted by molar-refractivity contribution is 6.06. The lowest BCUT2D eigenvalue weighted by Crippen LogP contribution is -2.55. The van der Waals surface area contributed by atoms with E-state index in [1.807, 2.05) is 13.0 Å². The number of carbonyl (C=O) groups is 3. The van der Waals surface area contributed by atoms with Gasteiger partial charge in [-0.3, -0.25) is 19.8 Å². The van der Waals surface area contributed by atoms with Gasteiger partial charge in [-0.25, -0.2) is 0 Å². The summed E-state index contributed by atoms with van der Waals surface area (Å²) in [4.78, 5) is 41.9. The number of hydrogen-bond donors (Lipinski definition) is 4. The zero-order chi connectivity index (χ0) is 24.7. The topological polar surface area (TPSA) is 135 Å². The first kappa shape index (κ1) is 25.6. The standard InChI is InChI=1S/C25H27N5O5.ClH/c1-2-7-29-13-14-3-5-17(11-19(14)24(29)33)30-8-9-35-21(25(30)34)20(31)23(32)28-16-4-6-18-15(10-16)12-27-22(18)26;/h3-6,10-11,20-21,31H,2,7-9,12-13H2,1H3,(H2,26,27)(H,28,32);1H/t20-,21-;/m1./s1. The number of carbonyl (C=O) groups excluding carboxylic acids is 3. The molecular weight excluding hydrogens is 486 g/mol. The summed E-state index contributed by atoms with van der Waals surface area (Å²) in [5.41, 5.74) is 4.11. The fourth-order valence-electron chi connectivity index (χ4n) is 4.75. The number of anilines is 2. The number of amidine groups is 1. The van der Waals surface area contributed by atoms with Crippen LogP contribution in [-0.4, -0.2) is 65.5 Å². The van der Waals surface area contributed by atoms with E-state index in [1.54, 1.807) is 35.2 Å². The minimum absolute atomic E-state index is 0. The number of hydrogen-bond acceptors (Lipinski definition) is 6. The number of fused-ring (bicyclic) bond motifs is 2. The van der Waals surface area contributed by atoms with E-state index < -0.39 is 24.0 Å². The summed E-state index contributed by atoms with van der Waals surface area (Å²) in [7, 11) is 0. The Hall–Kier alpha value is -3.47. The zero-order valence-corrected chi connectivity index (χ0v) is 20.6. The second-order valence-electron chi connectivity index (χ2n) is 8.88. The molecule has 0 bridgehead atoms. The Morgan fingerprint density at radius 3 is 2.81 bits per heavy atom. The number of ether oxygens (including phenoxy) is 1. The maximum atomic E-state index is 13.2. The van der Waals surface area contributed by atoms with E-state index in [4.69, 9.17) is 10.1 Å². The third-order valence-electron chi connectivity index (χ3n) is 6.55. The molecule has 10 nitrogen and oxygen atoms in total. The Morgan fingerprint density at radius 2 is 2.03 bits per heavy atom. The van der Waals surface area contributed by atoms with Crippen molar-refractivity contribution in [1.82, 2.24) is 10.2 Å². The van der Waals surface area contributed by atoms with Gasteiger partial charge >= 0.3 is 0 Å². The number of aliphatic hydroxyl groups is 1. The molecule has 2 atom stereocenters. The number of benzene rings is 2. The normalized spacial score (nSPS) is 19.4. The Labute approximate surface area is 214 Å². The highest BCUT2D eigenvalue weighted by atomic mass is 35.5. The van der Waals surface area contributed by atoms with Crippen LogP contribution in [0.15, 0.2) is 36.4 Å². The molecule has 11 heteroatoms. The minimum atomic E-state index is -1.72. The summed E-state index contributed by atoms with van der Waals surface area (Å²) in [6.07, 6.45) is -2.22. The Morgan fingerprint density at radius 1 is 1.22 bits per heavy atom. The maximum absolute atomic E-state index is 13.2. The van der Waals surface area contributed by atoms with Crippen LogP contribution in [0.1, 0.15) is 40.4 Å². The van der Waals surface area contributed by atoms with Crippen molar-refractivity contribution in [2.75, 3.05) is 29.9 Å². The van der Waals surface area contributed by atoms with E-state index >= 15 is 0 Å². The number of rotatable bonds is 6. The van der Waals surface area contributed by atoms with Crippen LogP contribution in [0.3, 0.4) is 0 Å². The van der Waals surface area contributed by atoms with Crippen LogP contribution in [0.4, 0.5) is 11.4 Å². The van der Waals surface area contributed by atoms with E-state index in [1.165, 1.54) is 4.90 Å². The molecular formula is C25H28ClN5O5. The summed E-state index contributed by atoms with van der Waals surface area (Å²) in [6.45, 7) is 4.12. The molecule has 3 aliphatic rings. The summed E-state index contributed by atoms with van der Waals surface area (Å²) in [6, 6.07) is 10.4. The average molecular weight is 514 g/mol. The van der Waals surface area contributed by atoms with Crippen molar-refractivity contribution in [2.45, 2.75) is 38.6 Å². The van der Waals surface area contributed by atoms with Crippen LogP contribution >= 0.6 is 12.4 Å². The fraction of sp³-hybridized carbons (Fsp3) is 0.360. The number of morpholine rings is 1. The van der Waals surface area contributed by atoms with Crippen molar-refractivity contribution < 1.29 is 24.2 Å². The molecule has 190 valence electrons. The molecule has 2 aromatic rings. The van der Waals surface area contributed by atoms with Crippen LogP contribution in [0, 0.1) is 5.41 Å². The van der Waals surface area contributed by atoms with Gasteiger partial charge in [0.25, 0.3) is 17.7 Å². The van der Waals surface area contributed by atoms with E-state index in [0.29, 0.717) is 42.4 Å². The number of aliphatic hydroxyl groups excluding tert-OH is 1. The van der Waals surface area contributed by atoms with Gasteiger partial charge in [-0.05, 0) is 47.9 Å². The summed E-state index contributed by atoms with van der Waals surface area (Å²) in [5, 5.41) is 24.0. The number of amides is 3. The molecule has 0 aliphatic carbocycles. The second kappa shape index (κ2) is 10.3. The molecule has 36 heavy (non-hydrogen) atoms. The van der Waals surface area contributed by atoms with Crippen LogP contribution in [0.25, 0.3) is 0 Å². The van der Waals surface area contributed by atoms with Gasteiger partial charge in [0.1, 0.15) is 5.84 Å². The molecule has 0 aromatic heterocycles. The largest absolute Gasteiger partial charge is 0.380 e. The van der Waals surface area contributed by atoms with Gasteiger partial charge in [-0.2, -0.15) is 0 Å². The predicted molar refractivity (Wildman–Crippen MR) is 136 cm³/mol. The third-order valence-corrected chi connectivity index (χ3v) is 6.55. The van der Waals surface area contributed by atoms with E-state index in [-0.39, 0.29) is 31.5 Å². The lowest BCUT2D eigenvalue weighted by atomic mass is 10.1. The van der Waals surface area contributed by atoms with Gasteiger partial charge in [-0.1, -0.05) is 13.0 Å². The zero-order valence-electron chi connectivity index (χ0n) is 19.7. The SMILES string of the molecule is CCCN1Cc2ccc(N3CCO[C@H]([C@@H](O)C(=O)Nc4ccc5c(c4)CNC5=N)C3=O)cc2C1=O.Cl. The van der Waals surface area contributed by atoms with Crippen molar-refractivity contribution in [3.63, 3.8) is 0 Å². The van der Waals surface area contributed by atoms with Crippen LogP contribution < -0.4 is 15.5 Å². The first-order valence-corrected chi connectivity index (χ1v) is 11.7. The minimum Gasteiger partial charge on any atom is -0.380 e. The van der Waals surface area contributed by atoms with Crippen LogP contribution in [-0.2, 0) is 27.4 Å². The highest BCUT2D eigenvalue weighted by Crippen LogP contribution is 2.29. The lowest BCUT2D eigenvalue weighted by Gasteiger charge is -2.34. The van der Waals surface area contributed by atoms with Crippen LogP contribution in [0.2, 0.25) is 0 Å². The Kier molecular flexibility index (Phi) is 7.30. The van der Waals surface area contributed by atoms with Gasteiger partial charge in [0.15, 0.2) is 12.2 Å². The summed E-state index contributed by atoms with van der Waals surface area (Å²) >= 11 is 0. The second-order valence-corrected chi connectivity index (χ2v) is 8.88. The van der Waals surface area contributed by atoms with Gasteiger partial charge < -0.3 is 30.3 Å². The average Bonchev–Trinajstić information content (AvgIpc) is 3.38. The van der Waals surface area contributed by atoms with E-state index in [2.05, 4.69) is 10.6 Å². The smallest absolute Gasteiger partial charge is 0.259 e. The lowest BCUT2D eigenvalue weighted by molar-refractivity contribution is -0.150. The number of nitrogens with zero attached hydrogens (tertiary/aromatic N) is 2. The van der Waals surface area contributed by atoms with Gasteiger partial charge in [-0.15, -0.1) is 12.4 Å². The van der Waals surface area contributed by atoms with Gasteiger partial charge in [0.2, 0.25) is 0 Å². The van der Waals surface area contributed by atoms with Gasteiger partial charge in [0, 0.05) is 48.7 Å². The molecule has 5 rings (SSSR count). The van der Waals surface area contributed by atoms with Crippen molar-refractivity contribution in [1.29, 1.82) is 5.41 Å². The molecule has 0 unspecified atom stereocenters. The predicted octanol–water partition coefficient (Wildman–Crippen LogP) is 1.63. The first-order valence-electron chi connectivity index (χ1n) is 11.7. The van der Waals surface area contributed by atoms with Crippen molar-refractivity contribution in [3.05, 3.63) is 58.7 Å². The number of nitrogens with one attached hydrogen (secondary N) is 3. The first-order chi connectivity index (χ1) is 16.9. The van der Waals surface area contributed by atoms with E-state index in [0.717, 1.165) is 23.1 Å². The molecule has 3 heterocycles. The maximum Gasteiger partial charge on any atom is 0.259 e. The summed E-state index contributed by atoms with van der Waals surface area (Å²) < 4.78 is 5.50. The molecule has 4 N–H and O–H groups in total. The summed E-state index contributed by atoms with van der Waals surface area (Å²) in [5.74, 6) is -1.03. The highest BCUT2D eigenvalue weighted by Gasteiger charge is 2.40. The molecule has 3 aliphatic heterocycles. The molecule has 2 aromatic carbocycles. The Bertz CT molecular complexity index is 1240. The third kappa shape index (κ3) is 4.55. The van der Waals surface area contributed by atoms with Crippen molar-refractivity contribution in [2.24, 2.45) is 0 Å². The monoisotopic (exact) mass is 513 g/mol. The van der Waals surface area contributed by atoms with E-state index in [9.17, 15) is 19.5 Å². The molecule has 0 radical (unpaired) electrons. The number of halogens is 1. The Balaban J connectivity index is 0.00000304. The van der Waals surface area contributed by atoms with Crippen molar-refractivity contribution in [3.8, 4) is 0 Å². The molecule has 0 saturated carbocycles. The van der Waals surface area contributed by atoms with Gasteiger partial charge in [0.05, 0.1) is 6.61 Å². The molecule has 1 fully saturated rings. The fourth-order valence-corrected chi connectivity index (χ4v) is 4.75. The molecule has 3 amide bonds. The quantitative estimate of drug-likeness (QED) is 0.464. The molecule has 1 saturated heterocycles.